The van der Waals surface area contributed by atoms with Crippen LogP contribution in [0.5, 0.6) is 0 Å². The Morgan fingerprint density at radius 1 is 1.31 bits per heavy atom. The molecule has 0 saturated carbocycles. The second-order valence-electron chi connectivity index (χ2n) is 2.84. The summed E-state index contributed by atoms with van der Waals surface area (Å²) in [4.78, 5) is 0. The minimum Gasteiger partial charge on any atom is -0.478 e. The first-order valence-electron chi connectivity index (χ1n) is 4.15. The number of rotatable bonds is 1. The van der Waals surface area contributed by atoms with Crippen molar-refractivity contribution in [2.75, 3.05) is 0 Å². The maximum absolute atomic E-state index is 9.04. The molecule has 68 valence electrons. The summed E-state index contributed by atoms with van der Waals surface area (Å²) >= 11 is 0. The number of ether oxygens (including phenoxy) is 2. The monoisotopic (exact) mass is 178 g/mol. The highest BCUT2D eigenvalue weighted by Crippen LogP contribution is 2.24. The predicted octanol–water partition coefficient (Wildman–Crippen LogP) is 2.51. The zero-order chi connectivity index (χ0) is 9.10. The number of aliphatic hydroxyl groups is 1. The van der Waals surface area contributed by atoms with Crippen LogP contribution in [0, 0.1) is 0 Å². The molecule has 0 radical (unpaired) electrons. The quantitative estimate of drug-likeness (QED) is 0.670. The highest BCUT2D eigenvalue weighted by Gasteiger charge is 2.13. The van der Waals surface area contributed by atoms with Crippen molar-refractivity contribution in [1.29, 1.82) is 0 Å². The van der Waals surface area contributed by atoms with Crippen LogP contribution in [0.15, 0.2) is 48.0 Å². The van der Waals surface area contributed by atoms with Gasteiger partial charge >= 0.3 is 5.95 Å². The normalized spacial score (nSPS) is 20.8. The molecule has 1 heterocycles. The average molecular weight is 178 g/mol. The first kappa shape index (κ1) is 7.98. The number of hydrogen-bond donors (Lipinski definition) is 1. The van der Waals surface area contributed by atoms with Crippen molar-refractivity contribution < 1.29 is 14.6 Å². The Hall–Kier alpha value is -1.64. The van der Waals surface area contributed by atoms with Gasteiger partial charge in [0.15, 0.2) is 12.0 Å². The van der Waals surface area contributed by atoms with E-state index in [0.29, 0.717) is 5.76 Å². The first-order chi connectivity index (χ1) is 6.36. The van der Waals surface area contributed by atoms with Crippen molar-refractivity contribution in [3.05, 3.63) is 48.0 Å². The molecule has 0 aromatic rings. The third kappa shape index (κ3) is 1.75. The Labute approximate surface area is 76.3 Å². The van der Waals surface area contributed by atoms with Gasteiger partial charge in [0.25, 0.3) is 0 Å². The van der Waals surface area contributed by atoms with E-state index in [9.17, 15) is 0 Å². The largest absolute Gasteiger partial charge is 0.478 e. The summed E-state index contributed by atoms with van der Waals surface area (Å²) in [5.41, 5.74) is 1.04. The smallest absolute Gasteiger partial charge is 0.319 e. The van der Waals surface area contributed by atoms with Gasteiger partial charge in [-0.25, -0.2) is 0 Å². The SMILES string of the molecule is OC1=COC=C(C2=CC=CCC2)O1. The van der Waals surface area contributed by atoms with Crippen molar-refractivity contribution in [3.63, 3.8) is 0 Å². The van der Waals surface area contributed by atoms with Crippen LogP contribution in [0.2, 0.25) is 0 Å². The van der Waals surface area contributed by atoms with Gasteiger partial charge in [0, 0.05) is 0 Å². The van der Waals surface area contributed by atoms with Crippen LogP contribution in [0.25, 0.3) is 0 Å². The Morgan fingerprint density at radius 3 is 2.92 bits per heavy atom. The Bertz CT molecular complexity index is 321. The van der Waals surface area contributed by atoms with E-state index >= 15 is 0 Å². The maximum atomic E-state index is 9.04. The fraction of sp³-hybridized carbons (Fsp3) is 0.200. The summed E-state index contributed by atoms with van der Waals surface area (Å²) in [6, 6.07) is 0. The van der Waals surface area contributed by atoms with Crippen LogP contribution in [-0.2, 0) is 9.47 Å². The summed E-state index contributed by atoms with van der Waals surface area (Å²) in [7, 11) is 0. The van der Waals surface area contributed by atoms with E-state index in [2.05, 4.69) is 6.08 Å². The topological polar surface area (TPSA) is 38.7 Å². The lowest BCUT2D eigenvalue weighted by molar-refractivity contribution is 0.108. The van der Waals surface area contributed by atoms with Gasteiger partial charge in [0.05, 0.1) is 0 Å². The van der Waals surface area contributed by atoms with E-state index in [1.807, 2.05) is 12.2 Å². The van der Waals surface area contributed by atoms with Gasteiger partial charge in [-0.2, -0.15) is 0 Å². The van der Waals surface area contributed by atoms with E-state index in [1.54, 1.807) is 0 Å². The van der Waals surface area contributed by atoms with Crippen molar-refractivity contribution in [2.45, 2.75) is 12.8 Å². The zero-order valence-corrected chi connectivity index (χ0v) is 7.06. The van der Waals surface area contributed by atoms with Gasteiger partial charge in [-0.15, -0.1) is 0 Å². The fourth-order valence-electron chi connectivity index (χ4n) is 1.26. The standard InChI is InChI=1S/C10H10O3/c11-10-7-12-6-9(13-10)8-4-2-1-3-5-8/h1-2,4,6-7,11H,3,5H2. The second kappa shape index (κ2) is 3.39. The summed E-state index contributed by atoms with van der Waals surface area (Å²) in [5, 5.41) is 9.04. The summed E-state index contributed by atoms with van der Waals surface area (Å²) in [6.45, 7) is 0. The molecule has 3 heteroatoms. The highest BCUT2D eigenvalue weighted by atomic mass is 16.6. The third-order valence-electron chi connectivity index (χ3n) is 1.89. The Morgan fingerprint density at radius 2 is 2.23 bits per heavy atom. The molecule has 0 spiro atoms. The van der Waals surface area contributed by atoms with Gasteiger partial charge in [0.1, 0.15) is 6.26 Å². The molecule has 0 aromatic carbocycles. The molecule has 2 aliphatic rings. The predicted molar refractivity (Wildman–Crippen MR) is 47.4 cm³/mol. The van der Waals surface area contributed by atoms with E-state index in [0.717, 1.165) is 24.7 Å². The Kier molecular flexibility index (Phi) is 2.08. The van der Waals surface area contributed by atoms with Gasteiger partial charge in [0.2, 0.25) is 0 Å². The van der Waals surface area contributed by atoms with E-state index in [4.69, 9.17) is 14.6 Å². The first-order valence-corrected chi connectivity index (χ1v) is 4.15. The van der Waals surface area contributed by atoms with Crippen molar-refractivity contribution >= 4 is 0 Å². The number of allylic oxidation sites excluding steroid dienone is 4. The molecular weight excluding hydrogens is 168 g/mol. The van der Waals surface area contributed by atoms with Crippen LogP contribution in [0.3, 0.4) is 0 Å². The molecule has 1 aliphatic carbocycles. The van der Waals surface area contributed by atoms with Gasteiger partial charge in [-0.3, -0.25) is 0 Å². The van der Waals surface area contributed by atoms with Crippen molar-refractivity contribution in [3.8, 4) is 0 Å². The van der Waals surface area contributed by atoms with Gasteiger partial charge in [-0.05, 0) is 18.4 Å². The molecule has 0 amide bonds. The van der Waals surface area contributed by atoms with Crippen LogP contribution < -0.4 is 0 Å². The summed E-state index contributed by atoms with van der Waals surface area (Å²) < 4.78 is 9.96. The van der Waals surface area contributed by atoms with E-state index < -0.39 is 0 Å². The molecule has 0 atom stereocenters. The van der Waals surface area contributed by atoms with Gasteiger partial charge < -0.3 is 14.6 Å². The molecule has 0 fully saturated rings. The molecule has 0 saturated heterocycles. The van der Waals surface area contributed by atoms with Crippen LogP contribution >= 0.6 is 0 Å². The lowest BCUT2D eigenvalue weighted by atomic mass is 10.0. The van der Waals surface area contributed by atoms with Crippen LogP contribution in [-0.4, -0.2) is 5.11 Å². The fourth-order valence-corrected chi connectivity index (χ4v) is 1.26. The molecule has 0 unspecified atom stereocenters. The van der Waals surface area contributed by atoms with Crippen molar-refractivity contribution in [1.82, 2.24) is 0 Å². The van der Waals surface area contributed by atoms with E-state index in [-0.39, 0.29) is 5.95 Å². The second-order valence-corrected chi connectivity index (χ2v) is 2.84. The molecule has 1 aliphatic heterocycles. The summed E-state index contributed by atoms with van der Waals surface area (Å²) in [5.74, 6) is 0.386. The minimum absolute atomic E-state index is 0.201. The number of aliphatic hydroxyl groups excluding tert-OH is 1. The molecular formula is C10H10O3. The van der Waals surface area contributed by atoms with Crippen molar-refractivity contribution in [2.24, 2.45) is 0 Å². The third-order valence-corrected chi connectivity index (χ3v) is 1.89. The van der Waals surface area contributed by atoms with Gasteiger partial charge in [-0.1, -0.05) is 18.2 Å². The molecule has 0 aromatic heterocycles. The highest BCUT2D eigenvalue weighted by molar-refractivity contribution is 5.32. The Balaban J connectivity index is 2.13. The zero-order valence-electron chi connectivity index (χ0n) is 7.06. The lowest BCUT2D eigenvalue weighted by Gasteiger charge is -2.15. The summed E-state index contributed by atoms with van der Waals surface area (Å²) in [6.07, 6.45) is 10.6. The van der Waals surface area contributed by atoms with Crippen LogP contribution in [0.4, 0.5) is 0 Å². The molecule has 13 heavy (non-hydrogen) atoms. The number of hydrogen-bond acceptors (Lipinski definition) is 3. The molecule has 3 nitrogen and oxygen atoms in total. The average Bonchev–Trinajstić information content (AvgIpc) is 2.19. The van der Waals surface area contributed by atoms with Crippen LogP contribution in [0.1, 0.15) is 12.8 Å². The maximum Gasteiger partial charge on any atom is 0.319 e. The lowest BCUT2D eigenvalue weighted by Crippen LogP contribution is -2.02. The molecule has 1 N–H and O–H groups in total. The minimum atomic E-state index is -0.201. The molecule has 2 rings (SSSR count). The molecule has 0 bridgehead atoms. The van der Waals surface area contributed by atoms with E-state index in [1.165, 1.54) is 6.26 Å².